The van der Waals surface area contributed by atoms with Gasteiger partial charge >= 0.3 is 0 Å². The van der Waals surface area contributed by atoms with Crippen molar-refractivity contribution in [3.05, 3.63) is 24.3 Å². The van der Waals surface area contributed by atoms with Crippen LogP contribution in [0.4, 0.5) is 0 Å². The number of hydrogen-bond acceptors (Lipinski definition) is 1. The van der Waals surface area contributed by atoms with E-state index in [0.29, 0.717) is 11.3 Å². The van der Waals surface area contributed by atoms with Crippen LogP contribution in [0.1, 0.15) is 34.1 Å². The summed E-state index contributed by atoms with van der Waals surface area (Å²) in [6.45, 7) is 10.1. The fourth-order valence-corrected chi connectivity index (χ4v) is 0.947. The second-order valence-corrected chi connectivity index (χ2v) is 4.85. The summed E-state index contributed by atoms with van der Waals surface area (Å²) in [5.41, 5.74) is 0.380. The molecule has 1 N–H and O–H groups in total. The molecule has 0 aromatic carbocycles. The number of rotatable bonds is 5. The minimum absolute atomic E-state index is 0.380. The van der Waals surface area contributed by atoms with E-state index in [9.17, 15) is 0 Å². The van der Waals surface area contributed by atoms with Crippen LogP contribution < -0.4 is 5.32 Å². The van der Waals surface area contributed by atoms with Crippen LogP contribution in [-0.2, 0) is 0 Å². The molecular weight excluding hydrogens is 170 g/mol. The molecule has 0 aromatic rings. The van der Waals surface area contributed by atoms with Crippen molar-refractivity contribution in [2.45, 2.75) is 34.1 Å². The summed E-state index contributed by atoms with van der Waals surface area (Å²) in [5.74, 6) is 0.639. The van der Waals surface area contributed by atoms with E-state index in [2.05, 4.69) is 57.3 Å². The zero-order valence-corrected chi connectivity index (χ0v) is 10.3. The van der Waals surface area contributed by atoms with Crippen molar-refractivity contribution in [2.75, 3.05) is 13.6 Å². The Labute approximate surface area is 89.3 Å². The molecule has 1 atom stereocenters. The maximum Gasteiger partial charge on any atom is 0.0131 e. The molecule has 0 saturated carbocycles. The Morgan fingerprint density at radius 2 is 1.79 bits per heavy atom. The molecule has 1 nitrogen and oxygen atoms in total. The molecule has 0 rings (SSSR count). The fourth-order valence-electron chi connectivity index (χ4n) is 0.947. The van der Waals surface area contributed by atoms with Crippen LogP contribution in [-0.4, -0.2) is 13.6 Å². The standard InChI is InChI=1S/C13H25N/c1-12(13(2,3)4)10-8-6-7-9-11-14-5/h7-10,12,14H,6,11H2,1-5H3/b9-7-,10-8-. The van der Waals surface area contributed by atoms with Gasteiger partial charge in [0, 0.05) is 6.54 Å². The van der Waals surface area contributed by atoms with Gasteiger partial charge < -0.3 is 5.32 Å². The summed E-state index contributed by atoms with van der Waals surface area (Å²) in [6.07, 6.45) is 9.96. The number of likely N-dealkylation sites (N-methyl/N-ethyl adjacent to an activating group) is 1. The molecule has 0 heterocycles. The maximum atomic E-state index is 3.08. The highest BCUT2D eigenvalue weighted by atomic mass is 14.8. The van der Waals surface area contributed by atoms with Gasteiger partial charge in [-0.3, -0.25) is 0 Å². The van der Waals surface area contributed by atoms with Crippen molar-refractivity contribution in [1.29, 1.82) is 0 Å². The van der Waals surface area contributed by atoms with E-state index in [1.165, 1.54) is 0 Å². The Hall–Kier alpha value is -0.560. The number of nitrogens with one attached hydrogen (secondary N) is 1. The van der Waals surface area contributed by atoms with E-state index in [0.717, 1.165) is 13.0 Å². The first-order valence-corrected chi connectivity index (χ1v) is 5.44. The maximum absolute atomic E-state index is 3.08. The third-order valence-electron chi connectivity index (χ3n) is 2.55. The number of hydrogen-bond donors (Lipinski definition) is 1. The SMILES string of the molecule is CNC/C=C\C/C=C\C(C)C(C)(C)C. The molecule has 0 spiro atoms. The Morgan fingerprint density at radius 1 is 1.14 bits per heavy atom. The fraction of sp³-hybridized carbons (Fsp3) is 0.692. The lowest BCUT2D eigenvalue weighted by molar-refractivity contribution is 0.314. The first kappa shape index (κ1) is 13.4. The Bertz CT molecular complexity index is 184. The van der Waals surface area contributed by atoms with Crippen LogP contribution in [0.15, 0.2) is 24.3 Å². The molecule has 0 aliphatic rings. The van der Waals surface area contributed by atoms with Crippen molar-refractivity contribution in [1.82, 2.24) is 5.32 Å². The third kappa shape index (κ3) is 6.90. The quantitative estimate of drug-likeness (QED) is 0.663. The zero-order valence-electron chi connectivity index (χ0n) is 10.3. The Morgan fingerprint density at radius 3 is 2.29 bits per heavy atom. The molecule has 0 radical (unpaired) electrons. The van der Waals surface area contributed by atoms with Crippen LogP contribution in [0.3, 0.4) is 0 Å². The topological polar surface area (TPSA) is 12.0 Å². The monoisotopic (exact) mass is 195 g/mol. The molecule has 0 aromatic heterocycles. The van der Waals surface area contributed by atoms with E-state index < -0.39 is 0 Å². The summed E-state index contributed by atoms with van der Waals surface area (Å²) < 4.78 is 0. The van der Waals surface area contributed by atoms with Gasteiger partial charge in [-0.05, 0) is 24.8 Å². The molecular formula is C13H25N. The van der Waals surface area contributed by atoms with Crippen molar-refractivity contribution in [3.8, 4) is 0 Å². The van der Waals surface area contributed by atoms with E-state index >= 15 is 0 Å². The molecule has 0 bridgehead atoms. The minimum atomic E-state index is 0.380. The van der Waals surface area contributed by atoms with Gasteiger partial charge in [-0.15, -0.1) is 0 Å². The molecule has 0 fully saturated rings. The van der Waals surface area contributed by atoms with Crippen LogP contribution >= 0.6 is 0 Å². The van der Waals surface area contributed by atoms with Crippen molar-refractivity contribution >= 4 is 0 Å². The van der Waals surface area contributed by atoms with Crippen LogP contribution in [0, 0.1) is 11.3 Å². The van der Waals surface area contributed by atoms with Crippen LogP contribution in [0.5, 0.6) is 0 Å². The van der Waals surface area contributed by atoms with Crippen molar-refractivity contribution < 1.29 is 0 Å². The summed E-state index contributed by atoms with van der Waals surface area (Å²) >= 11 is 0. The zero-order chi connectivity index (χ0) is 11.0. The highest BCUT2D eigenvalue weighted by Crippen LogP contribution is 2.26. The van der Waals surface area contributed by atoms with Gasteiger partial charge in [0.2, 0.25) is 0 Å². The predicted octanol–water partition coefficient (Wildman–Crippen LogP) is 3.39. The molecule has 0 amide bonds. The molecule has 14 heavy (non-hydrogen) atoms. The predicted molar refractivity (Wildman–Crippen MR) is 65.4 cm³/mol. The molecule has 1 heteroatoms. The minimum Gasteiger partial charge on any atom is -0.316 e. The van der Waals surface area contributed by atoms with Gasteiger partial charge in [0.1, 0.15) is 0 Å². The Balaban J connectivity index is 3.73. The summed E-state index contributed by atoms with van der Waals surface area (Å²) in [7, 11) is 1.96. The molecule has 82 valence electrons. The lowest BCUT2D eigenvalue weighted by atomic mass is 9.82. The average Bonchev–Trinajstić information content (AvgIpc) is 2.09. The van der Waals surface area contributed by atoms with Crippen molar-refractivity contribution in [2.24, 2.45) is 11.3 Å². The smallest absolute Gasteiger partial charge is 0.0131 e. The van der Waals surface area contributed by atoms with Crippen molar-refractivity contribution in [3.63, 3.8) is 0 Å². The first-order chi connectivity index (χ1) is 6.48. The second kappa shape index (κ2) is 6.83. The molecule has 0 saturated heterocycles. The van der Waals surface area contributed by atoms with E-state index in [1.807, 2.05) is 7.05 Å². The third-order valence-corrected chi connectivity index (χ3v) is 2.55. The van der Waals surface area contributed by atoms with Gasteiger partial charge in [-0.25, -0.2) is 0 Å². The van der Waals surface area contributed by atoms with E-state index in [-0.39, 0.29) is 0 Å². The van der Waals surface area contributed by atoms with E-state index in [1.54, 1.807) is 0 Å². The molecule has 0 aliphatic heterocycles. The highest BCUT2D eigenvalue weighted by molar-refractivity contribution is 4.97. The largest absolute Gasteiger partial charge is 0.316 e. The van der Waals surface area contributed by atoms with Gasteiger partial charge in [0.05, 0.1) is 0 Å². The average molecular weight is 195 g/mol. The lowest BCUT2D eigenvalue weighted by Crippen LogP contribution is -2.14. The Kier molecular flexibility index (Phi) is 6.56. The number of allylic oxidation sites excluding steroid dienone is 3. The summed E-state index contributed by atoms with van der Waals surface area (Å²) in [6, 6.07) is 0. The van der Waals surface area contributed by atoms with Gasteiger partial charge in [-0.2, -0.15) is 0 Å². The van der Waals surface area contributed by atoms with Crippen LogP contribution in [0.25, 0.3) is 0 Å². The summed E-state index contributed by atoms with van der Waals surface area (Å²) in [4.78, 5) is 0. The molecule has 0 aliphatic carbocycles. The first-order valence-electron chi connectivity index (χ1n) is 5.44. The molecule has 1 unspecified atom stereocenters. The van der Waals surface area contributed by atoms with Gasteiger partial charge in [0.15, 0.2) is 0 Å². The van der Waals surface area contributed by atoms with Crippen LogP contribution in [0.2, 0.25) is 0 Å². The highest BCUT2D eigenvalue weighted by Gasteiger charge is 2.16. The second-order valence-electron chi connectivity index (χ2n) is 4.85. The van der Waals surface area contributed by atoms with Gasteiger partial charge in [-0.1, -0.05) is 52.0 Å². The van der Waals surface area contributed by atoms with E-state index in [4.69, 9.17) is 0 Å². The van der Waals surface area contributed by atoms with Gasteiger partial charge in [0.25, 0.3) is 0 Å². The lowest BCUT2D eigenvalue weighted by Gasteiger charge is -2.24. The normalized spacial score (nSPS) is 15.5. The summed E-state index contributed by atoms with van der Waals surface area (Å²) in [5, 5.41) is 3.08.